The van der Waals surface area contributed by atoms with Crippen LogP contribution in [0.1, 0.15) is 36.6 Å². The maximum absolute atomic E-state index is 13.5. The summed E-state index contributed by atoms with van der Waals surface area (Å²) < 4.78 is 12.9. The number of methoxy groups -OCH3 is 1. The third-order valence-corrected chi connectivity index (χ3v) is 8.32. The molecule has 1 saturated carbocycles. The highest BCUT2D eigenvalue weighted by molar-refractivity contribution is 9.10. The van der Waals surface area contributed by atoms with Crippen molar-refractivity contribution in [3.05, 3.63) is 93.2 Å². The highest BCUT2D eigenvalue weighted by atomic mass is 79.9. The standard InChI is InChI=1S/C26H23BrClNO4/c1-15-24(2,23(30)32-3)21(16-7-5-4-6-8-16)26(17-9-11-18(27)12-10-17)25(15,31)22-20(33-26)13-19(28)14-29-22/h4-15,21,31H,1-3H3/t15-,21+,24-,25+,26-/m0/s1. The summed E-state index contributed by atoms with van der Waals surface area (Å²) in [7, 11) is 1.37. The van der Waals surface area contributed by atoms with Gasteiger partial charge in [-0.25, -0.2) is 0 Å². The van der Waals surface area contributed by atoms with E-state index in [9.17, 15) is 9.90 Å². The van der Waals surface area contributed by atoms with Crippen molar-refractivity contribution in [3.8, 4) is 5.75 Å². The van der Waals surface area contributed by atoms with Gasteiger partial charge in [0.25, 0.3) is 0 Å². The number of fused-ring (bicyclic) bond motifs is 3. The number of ether oxygens (including phenoxy) is 2. The number of benzene rings is 2. The van der Waals surface area contributed by atoms with Crippen LogP contribution >= 0.6 is 27.5 Å². The molecular weight excluding hydrogens is 506 g/mol. The van der Waals surface area contributed by atoms with Crippen LogP contribution in [0, 0.1) is 11.3 Å². The zero-order valence-electron chi connectivity index (χ0n) is 18.4. The lowest BCUT2D eigenvalue weighted by molar-refractivity contribution is -0.158. The second kappa shape index (κ2) is 7.55. The van der Waals surface area contributed by atoms with Gasteiger partial charge >= 0.3 is 5.97 Å². The number of pyridine rings is 1. The number of nitrogens with zero attached hydrogens (tertiary/aromatic N) is 1. The highest BCUT2D eigenvalue weighted by Gasteiger charge is 2.81. The van der Waals surface area contributed by atoms with Crippen molar-refractivity contribution in [2.75, 3.05) is 7.11 Å². The Morgan fingerprint density at radius 3 is 2.48 bits per heavy atom. The summed E-state index contributed by atoms with van der Waals surface area (Å²) in [5.74, 6) is -1.20. The SMILES string of the molecule is COC(=O)[C@]1(C)[C@@H](c2ccccc2)[C@]2(c3ccc(Br)cc3)Oc3cc(Cl)cnc3[C@]2(O)[C@H]1C. The number of aromatic nitrogens is 1. The Balaban J connectivity index is 1.91. The zero-order valence-corrected chi connectivity index (χ0v) is 20.7. The first-order chi connectivity index (χ1) is 15.7. The molecule has 1 N–H and O–H groups in total. The fourth-order valence-electron chi connectivity index (χ4n) is 6.01. The molecule has 0 spiro atoms. The maximum atomic E-state index is 13.5. The quantitative estimate of drug-likeness (QED) is 0.449. The number of aliphatic hydroxyl groups is 1. The van der Waals surface area contributed by atoms with Gasteiger partial charge in [0.1, 0.15) is 11.4 Å². The Morgan fingerprint density at radius 1 is 1.18 bits per heavy atom. The molecule has 0 unspecified atom stereocenters. The van der Waals surface area contributed by atoms with Gasteiger partial charge in [0.2, 0.25) is 0 Å². The predicted molar refractivity (Wildman–Crippen MR) is 128 cm³/mol. The van der Waals surface area contributed by atoms with E-state index < -0.39 is 34.4 Å². The molecule has 1 aliphatic carbocycles. The minimum absolute atomic E-state index is 0.371. The molecule has 1 fully saturated rings. The van der Waals surface area contributed by atoms with E-state index in [1.54, 1.807) is 6.07 Å². The molecule has 1 aromatic heterocycles. The van der Waals surface area contributed by atoms with Crippen molar-refractivity contribution in [1.82, 2.24) is 4.98 Å². The zero-order chi connectivity index (χ0) is 23.6. The second-order valence-electron chi connectivity index (χ2n) is 8.95. The van der Waals surface area contributed by atoms with Gasteiger partial charge < -0.3 is 14.6 Å². The summed E-state index contributed by atoms with van der Waals surface area (Å²) in [6.07, 6.45) is 1.50. The Morgan fingerprint density at radius 2 is 1.85 bits per heavy atom. The van der Waals surface area contributed by atoms with Crippen molar-refractivity contribution in [3.63, 3.8) is 0 Å². The molecule has 0 radical (unpaired) electrons. The number of hydrogen-bond acceptors (Lipinski definition) is 5. The summed E-state index contributed by atoms with van der Waals surface area (Å²) >= 11 is 9.75. The first kappa shape index (κ1) is 22.4. The molecule has 5 nitrogen and oxygen atoms in total. The van der Waals surface area contributed by atoms with Crippen molar-refractivity contribution < 1.29 is 19.4 Å². The Bertz CT molecular complexity index is 1240. The molecule has 5 rings (SSSR count). The summed E-state index contributed by atoms with van der Waals surface area (Å²) in [5.41, 5.74) is -2.15. The van der Waals surface area contributed by atoms with Crippen LogP contribution in [-0.2, 0) is 20.7 Å². The summed E-state index contributed by atoms with van der Waals surface area (Å²) in [6.45, 7) is 3.71. The Labute approximate surface area is 205 Å². The van der Waals surface area contributed by atoms with E-state index in [4.69, 9.17) is 21.1 Å². The Hall–Kier alpha value is -2.41. The summed E-state index contributed by atoms with van der Waals surface area (Å²) in [5, 5.41) is 13.1. The van der Waals surface area contributed by atoms with Crippen molar-refractivity contribution in [1.29, 1.82) is 0 Å². The number of carbonyl (C=O) groups excluding carboxylic acids is 1. The average molecular weight is 529 g/mol. The number of carbonyl (C=O) groups is 1. The van der Waals surface area contributed by atoms with Crippen LogP contribution in [0.2, 0.25) is 5.02 Å². The molecule has 3 aromatic rings. The lowest BCUT2D eigenvalue weighted by Gasteiger charge is -2.41. The van der Waals surface area contributed by atoms with E-state index in [1.807, 2.05) is 68.4 Å². The van der Waals surface area contributed by atoms with Crippen LogP contribution in [0.4, 0.5) is 0 Å². The van der Waals surface area contributed by atoms with Gasteiger partial charge in [0, 0.05) is 28.6 Å². The van der Waals surface area contributed by atoms with Gasteiger partial charge in [-0.2, -0.15) is 0 Å². The third kappa shape index (κ3) is 2.74. The lowest BCUT2D eigenvalue weighted by Crippen LogP contribution is -2.50. The minimum Gasteiger partial charge on any atom is -0.476 e. The molecular formula is C26H23BrClNO4. The third-order valence-electron chi connectivity index (χ3n) is 7.58. The van der Waals surface area contributed by atoms with E-state index >= 15 is 0 Å². The first-order valence-corrected chi connectivity index (χ1v) is 11.8. The van der Waals surface area contributed by atoms with Crippen LogP contribution in [-0.4, -0.2) is 23.2 Å². The molecule has 2 aromatic carbocycles. The topological polar surface area (TPSA) is 68.7 Å². The van der Waals surface area contributed by atoms with E-state index in [0.29, 0.717) is 16.5 Å². The molecule has 5 atom stereocenters. The van der Waals surface area contributed by atoms with Crippen molar-refractivity contribution in [2.45, 2.75) is 31.0 Å². The van der Waals surface area contributed by atoms with Crippen LogP contribution < -0.4 is 4.74 Å². The fourth-order valence-corrected chi connectivity index (χ4v) is 6.42. The number of esters is 1. The van der Waals surface area contributed by atoms with Crippen molar-refractivity contribution >= 4 is 33.5 Å². The molecule has 170 valence electrons. The van der Waals surface area contributed by atoms with Gasteiger partial charge in [0.05, 0.1) is 17.5 Å². The molecule has 1 aliphatic heterocycles. The van der Waals surface area contributed by atoms with Gasteiger partial charge in [-0.05, 0) is 30.2 Å². The fraction of sp³-hybridized carbons (Fsp3) is 0.308. The van der Waals surface area contributed by atoms with E-state index in [-0.39, 0.29) is 0 Å². The number of hydrogen-bond donors (Lipinski definition) is 1. The number of rotatable bonds is 3. The largest absolute Gasteiger partial charge is 0.476 e. The van der Waals surface area contributed by atoms with Gasteiger partial charge in [-0.1, -0.05) is 76.9 Å². The van der Waals surface area contributed by atoms with E-state index in [0.717, 1.165) is 15.6 Å². The van der Waals surface area contributed by atoms with Crippen LogP contribution in [0.3, 0.4) is 0 Å². The molecule has 2 aliphatic rings. The number of halogens is 2. The summed E-state index contributed by atoms with van der Waals surface area (Å²) in [4.78, 5) is 18.0. The minimum atomic E-state index is -1.63. The van der Waals surface area contributed by atoms with Crippen LogP contribution in [0.25, 0.3) is 0 Å². The van der Waals surface area contributed by atoms with Gasteiger partial charge in [-0.15, -0.1) is 0 Å². The average Bonchev–Trinajstić information content (AvgIpc) is 3.15. The molecule has 0 saturated heterocycles. The normalized spacial score (nSPS) is 32.1. The first-order valence-electron chi connectivity index (χ1n) is 10.7. The van der Waals surface area contributed by atoms with Crippen molar-refractivity contribution in [2.24, 2.45) is 11.3 Å². The van der Waals surface area contributed by atoms with Gasteiger partial charge in [0.15, 0.2) is 11.2 Å². The summed E-state index contributed by atoms with van der Waals surface area (Å²) in [6, 6.07) is 19.0. The highest BCUT2D eigenvalue weighted by Crippen LogP contribution is 2.74. The lowest BCUT2D eigenvalue weighted by atomic mass is 9.67. The molecule has 33 heavy (non-hydrogen) atoms. The van der Waals surface area contributed by atoms with Gasteiger partial charge in [-0.3, -0.25) is 9.78 Å². The predicted octanol–water partition coefficient (Wildman–Crippen LogP) is 5.59. The Kier molecular flexibility index (Phi) is 5.12. The second-order valence-corrected chi connectivity index (χ2v) is 10.3. The molecule has 7 heteroatoms. The van der Waals surface area contributed by atoms with E-state index in [1.165, 1.54) is 13.3 Å². The maximum Gasteiger partial charge on any atom is 0.312 e. The molecule has 0 bridgehead atoms. The molecule has 0 amide bonds. The van der Waals surface area contributed by atoms with E-state index in [2.05, 4.69) is 20.9 Å². The molecule has 2 heterocycles. The smallest absolute Gasteiger partial charge is 0.312 e. The monoisotopic (exact) mass is 527 g/mol. The van der Waals surface area contributed by atoms with Crippen LogP contribution in [0.15, 0.2) is 71.3 Å². The van der Waals surface area contributed by atoms with Crippen LogP contribution in [0.5, 0.6) is 5.75 Å².